The number of benzene rings is 1. The van der Waals surface area contributed by atoms with Crippen molar-refractivity contribution in [3.63, 3.8) is 0 Å². The van der Waals surface area contributed by atoms with E-state index < -0.39 is 0 Å². The van der Waals surface area contributed by atoms with Gasteiger partial charge in [-0.25, -0.2) is 9.78 Å². The molecule has 0 radical (unpaired) electrons. The second kappa shape index (κ2) is 10.4. The van der Waals surface area contributed by atoms with Gasteiger partial charge in [0.05, 0.1) is 19.5 Å². The van der Waals surface area contributed by atoms with Crippen molar-refractivity contribution in [3.05, 3.63) is 70.6 Å². The zero-order chi connectivity index (χ0) is 23.2. The predicted octanol–water partition coefficient (Wildman–Crippen LogP) is 5.39. The molecular weight excluding hydrogens is 486 g/mol. The van der Waals surface area contributed by atoms with Crippen LogP contribution >= 0.6 is 15.9 Å². The van der Waals surface area contributed by atoms with Crippen LogP contribution < -0.4 is 14.8 Å². The third-order valence-electron chi connectivity index (χ3n) is 5.27. The van der Waals surface area contributed by atoms with E-state index in [-0.39, 0.29) is 11.9 Å². The Labute approximate surface area is 200 Å². The molecule has 1 fully saturated rings. The molecule has 1 N–H and O–H groups in total. The van der Waals surface area contributed by atoms with E-state index in [0.717, 1.165) is 22.2 Å². The minimum atomic E-state index is -0.194. The van der Waals surface area contributed by atoms with Gasteiger partial charge in [0.25, 0.3) is 0 Å². The number of pyridine rings is 1. The van der Waals surface area contributed by atoms with Crippen LogP contribution in [0.4, 0.5) is 10.6 Å². The van der Waals surface area contributed by atoms with Gasteiger partial charge in [0, 0.05) is 29.8 Å². The van der Waals surface area contributed by atoms with Crippen LogP contribution in [-0.2, 0) is 0 Å². The number of halogens is 1. The number of methoxy groups -OCH3 is 1. The van der Waals surface area contributed by atoms with Gasteiger partial charge in [-0.3, -0.25) is 10.3 Å². The van der Waals surface area contributed by atoms with Crippen molar-refractivity contribution in [1.29, 1.82) is 0 Å². The first-order valence-electron chi connectivity index (χ1n) is 10.5. The summed E-state index contributed by atoms with van der Waals surface area (Å²) in [6.07, 6.45) is 7.66. The van der Waals surface area contributed by atoms with Crippen LogP contribution in [0.1, 0.15) is 18.9 Å². The zero-order valence-electron chi connectivity index (χ0n) is 18.4. The minimum absolute atomic E-state index is 0.194. The maximum atomic E-state index is 12.7. The van der Waals surface area contributed by atoms with Crippen molar-refractivity contribution < 1.29 is 14.3 Å². The van der Waals surface area contributed by atoms with Gasteiger partial charge in [0.15, 0.2) is 5.82 Å². The van der Waals surface area contributed by atoms with Crippen LogP contribution in [0.25, 0.3) is 6.08 Å². The fraction of sp³-hybridized carbons (Fsp3) is 0.250. The zero-order valence-corrected chi connectivity index (χ0v) is 19.9. The molecule has 0 spiro atoms. The molecular formula is C24H24BrN5O3. The topological polar surface area (TPSA) is 89.5 Å². The molecule has 1 atom stereocenters. The van der Waals surface area contributed by atoms with Crippen LogP contribution in [-0.4, -0.2) is 46.1 Å². The summed E-state index contributed by atoms with van der Waals surface area (Å²) >= 11 is 3.37. The fourth-order valence-electron chi connectivity index (χ4n) is 3.57. The first kappa shape index (κ1) is 22.7. The molecule has 0 saturated carbocycles. The lowest BCUT2D eigenvalue weighted by molar-refractivity contribution is 0.197. The van der Waals surface area contributed by atoms with E-state index in [1.165, 1.54) is 25.1 Å². The number of ether oxygens (including phenoxy) is 2. The number of rotatable bonds is 5. The molecule has 3 heterocycles. The van der Waals surface area contributed by atoms with Gasteiger partial charge in [-0.1, -0.05) is 30.7 Å². The molecule has 0 aliphatic carbocycles. The normalized spacial score (nSPS) is 17.0. The van der Waals surface area contributed by atoms with Crippen LogP contribution in [0.2, 0.25) is 0 Å². The Bertz CT molecular complexity index is 1150. The van der Waals surface area contributed by atoms with Gasteiger partial charge in [-0.2, -0.15) is 4.98 Å². The number of carbonyl (C=O) groups is 1. The van der Waals surface area contributed by atoms with E-state index in [9.17, 15) is 4.79 Å². The SMILES string of the molecule is COc1cncc(NC(=O)N2CCC(=Cc3cccc(Oc4ccc(Br)cn4)c3)C(C)C2)n1. The third-order valence-corrected chi connectivity index (χ3v) is 5.74. The maximum absolute atomic E-state index is 12.7. The molecule has 1 aliphatic heterocycles. The van der Waals surface area contributed by atoms with Crippen LogP contribution in [0.5, 0.6) is 17.5 Å². The largest absolute Gasteiger partial charge is 0.480 e. The van der Waals surface area contributed by atoms with E-state index >= 15 is 0 Å². The smallest absolute Gasteiger partial charge is 0.323 e. The van der Waals surface area contributed by atoms with Crippen molar-refractivity contribution in [2.45, 2.75) is 13.3 Å². The van der Waals surface area contributed by atoms with Gasteiger partial charge in [0.2, 0.25) is 11.8 Å². The second-order valence-electron chi connectivity index (χ2n) is 7.68. The van der Waals surface area contributed by atoms with E-state index in [2.05, 4.69) is 49.2 Å². The lowest BCUT2D eigenvalue weighted by atomic mass is 9.91. The predicted molar refractivity (Wildman–Crippen MR) is 129 cm³/mol. The summed E-state index contributed by atoms with van der Waals surface area (Å²) < 4.78 is 11.8. The maximum Gasteiger partial charge on any atom is 0.323 e. The van der Waals surface area contributed by atoms with Crippen LogP contribution in [0, 0.1) is 5.92 Å². The molecule has 4 rings (SSSR count). The molecule has 170 valence electrons. The summed E-state index contributed by atoms with van der Waals surface area (Å²) in [6.45, 7) is 3.37. The Morgan fingerprint density at radius 1 is 1.21 bits per heavy atom. The van der Waals surface area contributed by atoms with Crippen molar-refractivity contribution >= 4 is 33.9 Å². The fourth-order valence-corrected chi connectivity index (χ4v) is 3.80. The minimum Gasteiger partial charge on any atom is -0.480 e. The first-order valence-corrected chi connectivity index (χ1v) is 11.3. The Balaban J connectivity index is 1.38. The molecule has 9 heteroatoms. The molecule has 1 aromatic carbocycles. The molecule has 0 bridgehead atoms. The second-order valence-corrected chi connectivity index (χ2v) is 8.60. The Morgan fingerprint density at radius 2 is 2.09 bits per heavy atom. The highest BCUT2D eigenvalue weighted by atomic mass is 79.9. The van der Waals surface area contributed by atoms with Crippen molar-refractivity contribution in [1.82, 2.24) is 19.9 Å². The number of hydrogen-bond acceptors (Lipinski definition) is 6. The van der Waals surface area contributed by atoms with Crippen molar-refractivity contribution in [2.24, 2.45) is 5.92 Å². The molecule has 2 aromatic heterocycles. The van der Waals surface area contributed by atoms with Gasteiger partial charge in [-0.15, -0.1) is 0 Å². The number of urea groups is 1. The molecule has 1 aliphatic rings. The highest BCUT2D eigenvalue weighted by Gasteiger charge is 2.24. The number of nitrogens with one attached hydrogen (secondary N) is 1. The average Bonchev–Trinajstić information content (AvgIpc) is 2.82. The molecule has 1 saturated heterocycles. The van der Waals surface area contributed by atoms with Gasteiger partial charge >= 0.3 is 6.03 Å². The van der Waals surface area contributed by atoms with Gasteiger partial charge in [0.1, 0.15) is 5.75 Å². The van der Waals surface area contributed by atoms with Crippen LogP contribution in [0.15, 0.2) is 65.0 Å². The van der Waals surface area contributed by atoms with Gasteiger partial charge in [-0.05, 0) is 52.0 Å². The quantitative estimate of drug-likeness (QED) is 0.495. The summed E-state index contributed by atoms with van der Waals surface area (Å²) in [6, 6.07) is 11.4. The Morgan fingerprint density at radius 3 is 2.85 bits per heavy atom. The number of anilines is 1. The number of amides is 2. The standard InChI is InChI=1S/C24H24BrN5O3/c1-16-15-30(24(31)29-21-13-26-14-23(28-21)32-2)9-8-18(16)10-17-4-3-5-20(11-17)33-22-7-6-19(25)12-27-22/h3-7,10-14,16H,8-9,15H2,1-2H3,(H,28,29,31). The number of hydrogen-bond donors (Lipinski definition) is 1. The molecule has 33 heavy (non-hydrogen) atoms. The summed E-state index contributed by atoms with van der Waals surface area (Å²) in [4.78, 5) is 26.9. The summed E-state index contributed by atoms with van der Waals surface area (Å²) in [5.41, 5.74) is 2.34. The highest BCUT2D eigenvalue weighted by Crippen LogP contribution is 2.28. The lowest BCUT2D eigenvalue weighted by Gasteiger charge is -2.33. The van der Waals surface area contributed by atoms with Crippen LogP contribution in [0.3, 0.4) is 0 Å². The third kappa shape index (κ3) is 6.07. The molecule has 1 unspecified atom stereocenters. The molecule has 3 aromatic rings. The average molecular weight is 510 g/mol. The number of nitrogens with zero attached hydrogens (tertiary/aromatic N) is 4. The van der Waals surface area contributed by atoms with E-state index in [0.29, 0.717) is 30.7 Å². The monoisotopic (exact) mass is 509 g/mol. The molecule has 2 amide bonds. The summed E-state index contributed by atoms with van der Waals surface area (Å²) in [5.74, 6) is 2.20. The number of carbonyl (C=O) groups excluding carboxylic acids is 1. The van der Waals surface area contributed by atoms with E-state index in [1.807, 2.05) is 36.4 Å². The highest BCUT2D eigenvalue weighted by molar-refractivity contribution is 9.10. The molecule has 8 nitrogen and oxygen atoms in total. The number of likely N-dealkylation sites (tertiary alicyclic amines) is 1. The van der Waals surface area contributed by atoms with Crippen molar-refractivity contribution in [2.75, 3.05) is 25.5 Å². The first-order chi connectivity index (χ1) is 16.0. The van der Waals surface area contributed by atoms with E-state index in [4.69, 9.17) is 9.47 Å². The Hall–Kier alpha value is -3.46. The van der Waals surface area contributed by atoms with Gasteiger partial charge < -0.3 is 14.4 Å². The number of aromatic nitrogens is 3. The van der Waals surface area contributed by atoms with E-state index in [1.54, 1.807) is 11.1 Å². The summed E-state index contributed by atoms with van der Waals surface area (Å²) in [7, 11) is 1.51. The lowest BCUT2D eigenvalue weighted by Crippen LogP contribution is -2.42. The Kier molecular flexibility index (Phi) is 7.19. The summed E-state index contributed by atoms with van der Waals surface area (Å²) in [5, 5.41) is 2.79. The van der Waals surface area contributed by atoms with Crippen molar-refractivity contribution in [3.8, 4) is 17.5 Å². The number of piperidine rings is 1.